The highest BCUT2D eigenvalue weighted by Crippen LogP contribution is 2.32. The van der Waals surface area contributed by atoms with Crippen LogP contribution in [0.25, 0.3) is 0 Å². The number of carbonyl (C=O) groups is 2. The fourth-order valence-corrected chi connectivity index (χ4v) is 4.46. The number of nitrogens with zero attached hydrogens (tertiary/aromatic N) is 1. The molecule has 2 amide bonds. The number of hydrogen-bond acceptors (Lipinski definition) is 4. The van der Waals surface area contributed by atoms with Crippen LogP contribution in [0, 0.1) is 5.92 Å². The molecule has 2 saturated heterocycles. The number of halogens is 1. The fraction of sp³-hybridized carbons (Fsp3) is 0.600. The number of amides is 2. The van der Waals surface area contributed by atoms with Crippen LogP contribution in [0.3, 0.4) is 0 Å². The maximum absolute atomic E-state index is 12.9. The van der Waals surface area contributed by atoms with Gasteiger partial charge in [0, 0.05) is 31.1 Å². The first-order valence-corrected chi connectivity index (χ1v) is 10.2. The molecule has 146 valence electrons. The minimum absolute atomic E-state index is 0.0378. The van der Waals surface area contributed by atoms with E-state index in [1.54, 1.807) is 6.07 Å². The van der Waals surface area contributed by atoms with E-state index in [1.165, 1.54) is 0 Å². The van der Waals surface area contributed by atoms with Crippen LogP contribution in [0.4, 0.5) is 0 Å². The normalized spacial score (nSPS) is 27.1. The van der Waals surface area contributed by atoms with Crippen molar-refractivity contribution in [3.8, 4) is 5.75 Å². The van der Waals surface area contributed by atoms with E-state index in [0.29, 0.717) is 30.5 Å². The summed E-state index contributed by atoms with van der Waals surface area (Å²) in [6, 6.07) is 5.43. The van der Waals surface area contributed by atoms with Gasteiger partial charge in [0.2, 0.25) is 5.91 Å². The Morgan fingerprint density at radius 1 is 1.30 bits per heavy atom. The van der Waals surface area contributed by atoms with Crippen molar-refractivity contribution in [3.05, 3.63) is 28.8 Å². The Hall–Kier alpha value is -1.79. The van der Waals surface area contributed by atoms with Crippen LogP contribution in [0.15, 0.2) is 18.2 Å². The molecule has 27 heavy (non-hydrogen) atoms. The Labute approximate surface area is 164 Å². The zero-order valence-corrected chi connectivity index (χ0v) is 16.1. The highest BCUT2D eigenvalue weighted by atomic mass is 35.5. The van der Waals surface area contributed by atoms with E-state index in [9.17, 15) is 9.59 Å². The standard InChI is InChI=1S/C20H26ClN3O3/c21-15-5-6-17-14(9-15)10-18(27-17)20(26)24-8-2-3-13(12-24)11-23-19(25)16-4-1-7-22-16/h5-6,9,13,16,18,22H,1-4,7-8,10-12H2,(H,23,25). The summed E-state index contributed by atoms with van der Waals surface area (Å²) in [5, 5.41) is 6.94. The van der Waals surface area contributed by atoms with Crippen molar-refractivity contribution >= 4 is 23.4 Å². The summed E-state index contributed by atoms with van der Waals surface area (Å²) in [4.78, 5) is 27.0. The van der Waals surface area contributed by atoms with Crippen molar-refractivity contribution in [2.24, 2.45) is 5.92 Å². The van der Waals surface area contributed by atoms with Gasteiger partial charge in [-0.1, -0.05) is 11.6 Å². The van der Waals surface area contributed by atoms with Crippen LogP contribution < -0.4 is 15.4 Å². The summed E-state index contributed by atoms with van der Waals surface area (Å²) in [6.07, 6.45) is 4.06. The van der Waals surface area contributed by atoms with Crippen molar-refractivity contribution in [2.45, 2.75) is 44.2 Å². The van der Waals surface area contributed by atoms with Crippen LogP contribution in [-0.2, 0) is 16.0 Å². The zero-order chi connectivity index (χ0) is 18.8. The number of fused-ring (bicyclic) bond motifs is 1. The first kappa shape index (κ1) is 18.6. The van der Waals surface area contributed by atoms with Gasteiger partial charge in [0.25, 0.3) is 5.91 Å². The number of ether oxygens (including phenoxy) is 1. The summed E-state index contributed by atoms with van der Waals surface area (Å²) in [6.45, 7) is 2.97. The second kappa shape index (κ2) is 8.07. The number of rotatable bonds is 4. The van der Waals surface area contributed by atoms with Gasteiger partial charge in [0.05, 0.1) is 6.04 Å². The van der Waals surface area contributed by atoms with Crippen molar-refractivity contribution in [1.82, 2.24) is 15.5 Å². The predicted octanol–water partition coefficient (Wildman–Crippen LogP) is 1.75. The van der Waals surface area contributed by atoms with Gasteiger partial charge < -0.3 is 20.3 Å². The summed E-state index contributed by atoms with van der Waals surface area (Å²) in [5.41, 5.74) is 0.991. The van der Waals surface area contributed by atoms with Gasteiger partial charge >= 0.3 is 0 Å². The van der Waals surface area contributed by atoms with E-state index >= 15 is 0 Å². The molecule has 0 spiro atoms. The van der Waals surface area contributed by atoms with E-state index in [0.717, 1.165) is 50.1 Å². The monoisotopic (exact) mass is 391 g/mol. The quantitative estimate of drug-likeness (QED) is 0.820. The zero-order valence-electron chi connectivity index (χ0n) is 15.4. The van der Waals surface area contributed by atoms with E-state index in [-0.39, 0.29) is 17.9 Å². The number of piperidine rings is 1. The number of nitrogens with one attached hydrogen (secondary N) is 2. The topological polar surface area (TPSA) is 70.7 Å². The molecule has 2 N–H and O–H groups in total. The molecule has 6 nitrogen and oxygen atoms in total. The lowest BCUT2D eigenvalue weighted by atomic mass is 9.97. The summed E-state index contributed by atoms with van der Waals surface area (Å²) in [7, 11) is 0. The van der Waals surface area contributed by atoms with Crippen molar-refractivity contribution in [2.75, 3.05) is 26.2 Å². The first-order chi connectivity index (χ1) is 13.1. The molecule has 0 aromatic heterocycles. The van der Waals surface area contributed by atoms with Gasteiger partial charge in [-0.05, 0) is 61.9 Å². The maximum atomic E-state index is 12.9. The van der Waals surface area contributed by atoms with Gasteiger partial charge in [-0.15, -0.1) is 0 Å². The highest BCUT2D eigenvalue weighted by Gasteiger charge is 2.35. The molecule has 3 aliphatic rings. The average molecular weight is 392 g/mol. The van der Waals surface area contributed by atoms with Gasteiger partial charge in [-0.2, -0.15) is 0 Å². The predicted molar refractivity (Wildman–Crippen MR) is 103 cm³/mol. The molecule has 0 saturated carbocycles. The van der Waals surface area contributed by atoms with Gasteiger partial charge in [0.15, 0.2) is 6.10 Å². The van der Waals surface area contributed by atoms with Crippen LogP contribution in [0.5, 0.6) is 5.75 Å². The molecule has 1 aromatic carbocycles. The molecule has 4 rings (SSSR count). The number of carbonyl (C=O) groups excluding carboxylic acids is 2. The van der Waals surface area contributed by atoms with Crippen molar-refractivity contribution in [3.63, 3.8) is 0 Å². The maximum Gasteiger partial charge on any atom is 0.264 e. The van der Waals surface area contributed by atoms with Crippen molar-refractivity contribution in [1.29, 1.82) is 0 Å². The Bertz CT molecular complexity index is 720. The smallest absolute Gasteiger partial charge is 0.264 e. The molecule has 1 aromatic rings. The summed E-state index contributed by atoms with van der Waals surface area (Å²) < 4.78 is 5.85. The summed E-state index contributed by atoms with van der Waals surface area (Å²) in [5.74, 6) is 1.17. The lowest BCUT2D eigenvalue weighted by Crippen LogP contribution is -2.49. The van der Waals surface area contributed by atoms with Gasteiger partial charge in [-0.3, -0.25) is 9.59 Å². The van der Waals surface area contributed by atoms with E-state index in [2.05, 4.69) is 10.6 Å². The molecule has 3 atom stereocenters. The third-order valence-corrected chi connectivity index (χ3v) is 5.98. The Morgan fingerprint density at radius 2 is 2.19 bits per heavy atom. The molecule has 3 unspecified atom stereocenters. The van der Waals surface area contributed by atoms with Crippen LogP contribution in [0.1, 0.15) is 31.2 Å². The average Bonchev–Trinajstić information content (AvgIpc) is 3.35. The molecule has 2 fully saturated rings. The lowest BCUT2D eigenvalue weighted by molar-refractivity contribution is -0.139. The highest BCUT2D eigenvalue weighted by molar-refractivity contribution is 6.30. The molecule has 0 radical (unpaired) electrons. The third kappa shape index (κ3) is 4.22. The van der Waals surface area contributed by atoms with E-state index < -0.39 is 6.10 Å². The van der Waals surface area contributed by atoms with Crippen LogP contribution in [0.2, 0.25) is 5.02 Å². The molecule has 0 bridgehead atoms. The summed E-state index contributed by atoms with van der Waals surface area (Å²) >= 11 is 6.04. The number of likely N-dealkylation sites (tertiary alicyclic amines) is 1. The largest absolute Gasteiger partial charge is 0.480 e. The Kier molecular flexibility index (Phi) is 5.55. The number of hydrogen-bond donors (Lipinski definition) is 2. The molecular weight excluding hydrogens is 366 g/mol. The number of benzene rings is 1. The molecule has 0 aliphatic carbocycles. The van der Waals surface area contributed by atoms with Crippen LogP contribution in [-0.4, -0.2) is 55.0 Å². The minimum atomic E-state index is -0.463. The van der Waals surface area contributed by atoms with Crippen LogP contribution >= 0.6 is 11.6 Å². The SMILES string of the molecule is O=C(NCC1CCCN(C(=O)C2Cc3cc(Cl)ccc3O2)C1)C1CCCN1. The lowest BCUT2D eigenvalue weighted by Gasteiger charge is -2.34. The Balaban J connectivity index is 1.29. The molecule has 3 heterocycles. The van der Waals surface area contributed by atoms with Crippen molar-refractivity contribution < 1.29 is 14.3 Å². The fourth-order valence-electron chi connectivity index (χ4n) is 4.27. The van der Waals surface area contributed by atoms with E-state index in [1.807, 2.05) is 17.0 Å². The second-order valence-corrected chi connectivity index (χ2v) is 8.19. The Morgan fingerprint density at radius 3 is 3.00 bits per heavy atom. The molecular formula is C20H26ClN3O3. The second-order valence-electron chi connectivity index (χ2n) is 7.75. The minimum Gasteiger partial charge on any atom is -0.480 e. The van der Waals surface area contributed by atoms with Gasteiger partial charge in [-0.25, -0.2) is 0 Å². The molecule has 3 aliphatic heterocycles. The first-order valence-electron chi connectivity index (χ1n) is 9.85. The molecule has 7 heteroatoms. The van der Waals surface area contributed by atoms with Gasteiger partial charge in [0.1, 0.15) is 5.75 Å². The van der Waals surface area contributed by atoms with E-state index in [4.69, 9.17) is 16.3 Å². The third-order valence-electron chi connectivity index (χ3n) is 5.74.